The molecule has 3 N–H and O–H groups in total. The minimum Gasteiger partial charge on any atom is -0.432 e. The highest BCUT2D eigenvalue weighted by molar-refractivity contribution is 5.68. The van der Waals surface area contributed by atoms with Gasteiger partial charge < -0.3 is 15.8 Å². The van der Waals surface area contributed by atoms with Gasteiger partial charge in [-0.25, -0.2) is 4.39 Å². The van der Waals surface area contributed by atoms with Crippen LogP contribution in [0.5, 0.6) is 5.75 Å². The minimum absolute atomic E-state index is 0.103. The molecular formula is C12H13F3N4O. The van der Waals surface area contributed by atoms with Crippen molar-refractivity contribution in [2.75, 3.05) is 11.1 Å². The number of nitrogens with zero attached hydrogens (tertiary/aromatic N) is 2. The van der Waals surface area contributed by atoms with E-state index in [1.54, 1.807) is 24.0 Å². The van der Waals surface area contributed by atoms with Crippen LogP contribution < -0.4 is 15.8 Å². The Labute approximate surface area is 113 Å². The highest BCUT2D eigenvalue weighted by atomic mass is 19.3. The van der Waals surface area contributed by atoms with Crippen LogP contribution in [0, 0.1) is 5.82 Å². The van der Waals surface area contributed by atoms with Crippen molar-refractivity contribution in [1.82, 2.24) is 9.78 Å². The molecule has 0 unspecified atom stereocenters. The average molecular weight is 286 g/mol. The van der Waals surface area contributed by atoms with Crippen LogP contribution in [0.1, 0.15) is 5.69 Å². The van der Waals surface area contributed by atoms with Crippen LogP contribution in [0.3, 0.4) is 0 Å². The van der Waals surface area contributed by atoms with Crippen molar-refractivity contribution in [3.8, 4) is 5.75 Å². The summed E-state index contributed by atoms with van der Waals surface area (Å²) in [6, 6.07) is 3.82. The molecule has 1 aromatic carbocycles. The van der Waals surface area contributed by atoms with Crippen molar-refractivity contribution >= 4 is 11.4 Å². The summed E-state index contributed by atoms with van der Waals surface area (Å²) < 4.78 is 43.4. The summed E-state index contributed by atoms with van der Waals surface area (Å²) in [5.41, 5.74) is 6.89. The van der Waals surface area contributed by atoms with E-state index in [0.29, 0.717) is 12.2 Å². The topological polar surface area (TPSA) is 65.1 Å². The third kappa shape index (κ3) is 3.14. The maximum Gasteiger partial charge on any atom is 0.387 e. The number of halogens is 3. The highest BCUT2D eigenvalue weighted by Crippen LogP contribution is 2.29. The molecule has 2 rings (SSSR count). The van der Waals surface area contributed by atoms with Crippen molar-refractivity contribution in [2.45, 2.75) is 13.2 Å². The molecule has 0 saturated carbocycles. The molecule has 0 aliphatic rings. The van der Waals surface area contributed by atoms with Gasteiger partial charge in [-0.05, 0) is 6.07 Å². The molecule has 20 heavy (non-hydrogen) atoms. The summed E-state index contributed by atoms with van der Waals surface area (Å²) in [6.07, 6.45) is 1.62. The van der Waals surface area contributed by atoms with Crippen LogP contribution in [0.4, 0.5) is 24.5 Å². The average Bonchev–Trinajstić information content (AvgIpc) is 2.76. The fourth-order valence-electron chi connectivity index (χ4n) is 1.67. The largest absolute Gasteiger partial charge is 0.432 e. The first-order valence-electron chi connectivity index (χ1n) is 5.72. The van der Waals surface area contributed by atoms with Gasteiger partial charge in [-0.3, -0.25) is 4.68 Å². The van der Waals surface area contributed by atoms with Crippen LogP contribution in [0.15, 0.2) is 24.4 Å². The molecular weight excluding hydrogens is 273 g/mol. The van der Waals surface area contributed by atoms with Crippen LogP contribution in [-0.4, -0.2) is 16.4 Å². The first kappa shape index (κ1) is 14.0. The van der Waals surface area contributed by atoms with E-state index >= 15 is 0 Å². The van der Waals surface area contributed by atoms with Crippen molar-refractivity contribution in [2.24, 2.45) is 7.05 Å². The molecule has 1 heterocycles. The SMILES string of the molecule is Cn1nccc1CNc1cc(OC(F)F)c(F)cc1N. The van der Waals surface area contributed by atoms with E-state index in [-0.39, 0.29) is 5.69 Å². The van der Waals surface area contributed by atoms with E-state index in [4.69, 9.17) is 5.73 Å². The Balaban J connectivity index is 2.16. The smallest absolute Gasteiger partial charge is 0.387 e. The second kappa shape index (κ2) is 5.72. The number of anilines is 2. The minimum atomic E-state index is -3.10. The number of alkyl halides is 2. The molecule has 0 fully saturated rings. The molecule has 0 bridgehead atoms. The number of hydrogen-bond acceptors (Lipinski definition) is 4. The molecule has 0 aliphatic heterocycles. The van der Waals surface area contributed by atoms with Crippen molar-refractivity contribution in [3.63, 3.8) is 0 Å². The van der Waals surface area contributed by atoms with Gasteiger partial charge in [-0.2, -0.15) is 13.9 Å². The Hall–Kier alpha value is -2.38. The normalized spacial score (nSPS) is 10.8. The van der Waals surface area contributed by atoms with Crippen molar-refractivity contribution < 1.29 is 17.9 Å². The van der Waals surface area contributed by atoms with Gasteiger partial charge in [0.15, 0.2) is 11.6 Å². The van der Waals surface area contributed by atoms with Gasteiger partial charge in [0.05, 0.1) is 23.6 Å². The second-order valence-electron chi connectivity index (χ2n) is 4.05. The van der Waals surface area contributed by atoms with Crippen LogP contribution >= 0.6 is 0 Å². The van der Waals surface area contributed by atoms with E-state index < -0.39 is 18.2 Å². The molecule has 0 atom stereocenters. The Morgan fingerprint density at radius 1 is 1.45 bits per heavy atom. The zero-order valence-electron chi connectivity index (χ0n) is 10.6. The lowest BCUT2D eigenvalue weighted by atomic mass is 10.2. The monoisotopic (exact) mass is 286 g/mol. The lowest BCUT2D eigenvalue weighted by Crippen LogP contribution is -2.09. The molecule has 5 nitrogen and oxygen atoms in total. The lowest BCUT2D eigenvalue weighted by molar-refractivity contribution is -0.0521. The van der Waals surface area contributed by atoms with Gasteiger partial charge >= 0.3 is 6.61 Å². The maximum absolute atomic E-state index is 13.4. The molecule has 8 heteroatoms. The third-order valence-corrected chi connectivity index (χ3v) is 2.70. The summed E-state index contributed by atoms with van der Waals surface area (Å²) in [4.78, 5) is 0. The molecule has 1 aromatic heterocycles. The molecule has 0 amide bonds. The van der Waals surface area contributed by atoms with Gasteiger partial charge in [-0.15, -0.1) is 0 Å². The fourth-order valence-corrected chi connectivity index (χ4v) is 1.67. The molecule has 0 radical (unpaired) electrons. The Bertz CT molecular complexity index is 600. The number of ether oxygens (including phenoxy) is 1. The van der Waals surface area contributed by atoms with Gasteiger partial charge in [0.1, 0.15) is 0 Å². The fraction of sp³-hybridized carbons (Fsp3) is 0.250. The quantitative estimate of drug-likeness (QED) is 0.828. The van der Waals surface area contributed by atoms with Gasteiger partial charge in [0, 0.05) is 25.4 Å². The number of aromatic nitrogens is 2. The Morgan fingerprint density at radius 2 is 2.20 bits per heavy atom. The molecule has 0 saturated heterocycles. The standard InChI is InChI=1S/C12H13F3N4O/c1-19-7(2-3-18-19)6-17-10-5-11(20-12(14)15)8(13)4-9(10)16/h2-5,12,17H,6,16H2,1H3. The van der Waals surface area contributed by atoms with E-state index in [9.17, 15) is 13.2 Å². The predicted octanol–water partition coefficient (Wildman–Crippen LogP) is 2.35. The molecule has 108 valence electrons. The number of rotatable bonds is 5. The number of nitrogens with one attached hydrogen (secondary N) is 1. The van der Waals surface area contributed by atoms with Crippen molar-refractivity contribution in [3.05, 3.63) is 35.9 Å². The van der Waals surface area contributed by atoms with Gasteiger partial charge in [0.2, 0.25) is 0 Å². The van der Waals surface area contributed by atoms with Gasteiger partial charge in [0.25, 0.3) is 0 Å². The Kier molecular flexibility index (Phi) is 4.02. The van der Waals surface area contributed by atoms with Crippen LogP contribution in [-0.2, 0) is 13.6 Å². The number of nitrogens with two attached hydrogens (primary N) is 1. The second-order valence-corrected chi connectivity index (χ2v) is 4.05. The maximum atomic E-state index is 13.4. The summed E-state index contributed by atoms with van der Waals surface area (Å²) in [5.74, 6) is -1.49. The number of aryl methyl sites for hydroxylation is 1. The Morgan fingerprint density at radius 3 is 2.80 bits per heavy atom. The zero-order chi connectivity index (χ0) is 14.7. The highest BCUT2D eigenvalue weighted by Gasteiger charge is 2.13. The third-order valence-electron chi connectivity index (χ3n) is 2.70. The zero-order valence-corrected chi connectivity index (χ0v) is 10.6. The first-order valence-corrected chi connectivity index (χ1v) is 5.72. The number of benzene rings is 1. The summed E-state index contributed by atoms with van der Waals surface area (Å²) in [7, 11) is 1.76. The predicted molar refractivity (Wildman–Crippen MR) is 68.0 cm³/mol. The van der Waals surface area contributed by atoms with E-state index in [2.05, 4.69) is 15.2 Å². The van der Waals surface area contributed by atoms with Crippen molar-refractivity contribution in [1.29, 1.82) is 0 Å². The van der Waals surface area contributed by atoms with Gasteiger partial charge in [-0.1, -0.05) is 0 Å². The summed E-state index contributed by atoms with van der Waals surface area (Å²) in [6.45, 7) is -2.74. The first-order chi connectivity index (χ1) is 9.47. The summed E-state index contributed by atoms with van der Waals surface area (Å²) >= 11 is 0. The number of nitrogen functional groups attached to an aromatic ring is 1. The molecule has 0 aliphatic carbocycles. The summed E-state index contributed by atoms with van der Waals surface area (Å²) in [5, 5.41) is 6.90. The lowest BCUT2D eigenvalue weighted by Gasteiger charge is -2.13. The van der Waals surface area contributed by atoms with E-state index in [0.717, 1.165) is 17.8 Å². The number of hydrogen-bond donors (Lipinski definition) is 2. The molecule has 0 spiro atoms. The molecule has 2 aromatic rings. The van der Waals surface area contributed by atoms with E-state index in [1.165, 1.54) is 0 Å². The van der Waals surface area contributed by atoms with Crippen LogP contribution in [0.2, 0.25) is 0 Å². The van der Waals surface area contributed by atoms with E-state index in [1.807, 2.05) is 0 Å². The van der Waals surface area contributed by atoms with Crippen LogP contribution in [0.25, 0.3) is 0 Å².